The van der Waals surface area contributed by atoms with E-state index in [4.69, 9.17) is 26.0 Å². The van der Waals surface area contributed by atoms with Crippen molar-refractivity contribution in [1.82, 2.24) is 19.5 Å². The average Bonchev–Trinajstić information content (AvgIpc) is 2.89. The highest BCUT2D eigenvalue weighted by Gasteiger charge is 2.25. The Kier molecular flexibility index (Phi) is 5.64. The lowest BCUT2D eigenvalue weighted by Crippen LogP contribution is -2.35. The summed E-state index contributed by atoms with van der Waals surface area (Å²) in [6.45, 7) is -2.19. The number of nitrogens with zero attached hydrogens (tertiary/aromatic N) is 4. The smallest absolute Gasteiger partial charge is 0.388 e. The van der Waals surface area contributed by atoms with E-state index in [0.717, 1.165) is 0 Å². The molecule has 0 bridgehead atoms. The second-order valence-electron chi connectivity index (χ2n) is 4.70. The van der Waals surface area contributed by atoms with Gasteiger partial charge < -0.3 is 31.1 Å². The number of phosphoric ester groups is 1. The standard InChI is InChI=1S/C10H16FN6O6P/c11-1-5(18)6(2-23-24(19,20)21)22-4-17-3-14-7-8(12)15-10(13)16-9(7)17/h3,5-6,18H,1-2,4H2,(H2,19,20,21)(H4,12,13,15,16)/t5?,6-/m1/s1. The molecule has 2 heterocycles. The van der Waals surface area contributed by atoms with E-state index in [2.05, 4.69) is 19.5 Å². The Morgan fingerprint density at radius 1 is 1.38 bits per heavy atom. The van der Waals surface area contributed by atoms with E-state index < -0.39 is 33.3 Å². The summed E-state index contributed by atoms with van der Waals surface area (Å²) in [6, 6.07) is 0. The van der Waals surface area contributed by atoms with Crippen LogP contribution in [0.2, 0.25) is 0 Å². The van der Waals surface area contributed by atoms with Crippen molar-refractivity contribution < 1.29 is 33.1 Å². The maximum Gasteiger partial charge on any atom is 0.469 e. The van der Waals surface area contributed by atoms with Crippen LogP contribution in [0, 0.1) is 0 Å². The summed E-state index contributed by atoms with van der Waals surface area (Å²) in [5.74, 6) is -0.0339. The lowest BCUT2D eigenvalue weighted by atomic mass is 10.2. The number of ether oxygens (including phenoxy) is 1. The molecule has 12 nitrogen and oxygen atoms in total. The molecule has 0 aliphatic carbocycles. The number of rotatable bonds is 8. The van der Waals surface area contributed by atoms with Crippen LogP contribution in [0.15, 0.2) is 6.33 Å². The van der Waals surface area contributed by atoms with Gasteiger partial charge in [-0.2, -0.15) is 9.97 Å². The molecule has 0 saturated heterocycles. The van der Waals surface area contributed by atoms with Crippen molar-refractivity contribution >= 4 is 30.8 Å². The summed E-state index contributed by atoms with van der Waals surface area (Å²) in [6.07, 6.45) is -1.68. The van der Waals surface area contributed by atoms with Gasteiger partial charge in [-0.3, -0.25) is 9.09 Å². The van der Waals surface area contributed by atoms with Crippen molar-refractivity contribution in [3.05, 3.63) is 6.33 Å². The number of aliphatic hydroxyl groups excluding tert-OH is 1. The van der Waals surface area contributed by atoms with Gasteiger partial charge >= 0.3 is 7.82 Å². The maximum absolute atomic E-state index is 12.6. The molecular formula is C10H16FN6O6P. The molecule has 0 aliphatic rings. The number of imidazole rings is 1. The number of nitrogen functional groups attached to an aromatic ring is 2. The highest BCUT2D eigenvalue weighted by Crippen LogP contribution is 2.36. The first-order valence-corrected chi connectivity index (χ1v) is 8.04. The number of aromatic nitrogens is 4. The van der Waals surface area contributed by atoms with Gasteiger partial charge in [0.05, 0.1) is 12.9 Å². The molecule has 2 aromatic rings. The Bertz CT molecular complexity index is 753. The largest absolute Gasteiger partial charge is 0.469 e. The van der Waals surface area contributed by atoms with Crippen LogP contribution >= 0.6 is 7.82 Å². The summed E-state index contributed by atoms with van der Waals surface area (Å²) in [7, 11) is -4.79. The highest BCUT2D eigenvalue weighted by atomic mass is 31.2. The molecule has 0 saturated carbocycles. The van der Waals surface area contributed by atoms with Gasteiger partial charge in [-0.1, -0.05) is 0 Å². The van der Waals surface area contributed by atoms with E-state index in [-0.39, 0.29) is 29.7 Å². The molecule has 7 N–H and O–H groups in total. The van der Waals surface area contributed by atoms with E-state index in [1.165, 1.54) is 10.9 Å². The highest BCUT2D eigenvalue weighted by molar-refractivity contribution is 7.46. The zero-order valence-corrected chi connectivity index (χ0v) is 13.1. The summed E-state index contributed by atoms with van der Waals surface area (Å²) in [4.78, 5) is 29.0. The minimum absolute atomic E-state index is 0.0569. The molecule has 0 radical (unpaired) electrons. The number of hydrogen-bond donors (Lipinski definition) is 5. The summed E-state index contributed by atoms with van der Waals surface area (Å²) >= 11 is 0. The maximum atomic E-state index is 12.6. The SMILES string of the molecule is Nc1nc(N)c2ncn(CO[C@H](COP(=O)(O)O)C(O)CF)c2n1. The van der Waals surface area contributed by atoms with Gasteiger partial charge in [0.2, 0.25) is 5.95 Å². The number of alkyl halides is 1. The number of anilines is 2. The quantitative estimate of drug-likeness (QED) is 0.351. The van der Waals surface area contributed by atoms with Crippen LogP contribution in [0.5, 0.6) is 0 Å². The Hall–Kier alpha value is -1.89. The van der Waals surface area contributed by atoms with Crippen LogP contribution in [-0.4, -0.2) is 59.9 Å². The van der Waals surface area contributed by atoms with E-state index in [0.29, 0.717) is 0 Å². The van der Waals surface area contributed by atoms with Crippen molar-refractivity contribution in [3.8, 4) is 0 Å². The molecule has 24 heavy (non-hydrogen) atoms. The molecular weight excluding hydrogens is 350 g/mol. The monoisotopic (exact) mass is 366 g/mol. The predicted molar refractivity (Wildman–Crippen MR) is 79.0 cm³/mol. The molecule has 2 rings (SSSR count). The molecule has 0 amide bonds. The number of hydrogen-bond acceptors (Lipinski definition) is 9. The Balaban J connectivity index is 2.12. The van der Waals surface area contributed by atoms with Crippen LogP contribution in [0.3, 0.4) is 0 Å². The van der Waals surface area contributed by atoms with Gasteiger partial charge in [0, 0.05) is 0 Å². The molecule has 0 spiro atoms. The fourth-order valence-corrected chi connectivity index (χ4v) is 2.14. The van der Waals surface area contributed by atoms with E-state index in [9.17, 15) is 14.1 Å². The Labute approximate surface area is 134 Å². The minimum atomic E-state index is -4.79. The molecule has 1 unspecified atom stereocenters. The first kappa shape index (κ1) is 18.4. The first-order valence-electron chi connectivity index (χ1n) is 6.51. The van der Waals surface area contributed by atoms with E-state index in [1.807, 2.05) is 0 Å². The van der Waals surface area contributed by atoms with Crippen molar-refractivity contribution in [2.45, 2.75) is 18.9 Å². The van der Waals surface area contributed by atoms with E-state index in [1.54, 1.807) is 0 Å². The lowest BCUT2D eigenvalue weighted by molar-refractivity contribution is -0.0905. The Morgan fingerprint density at radius 3 is 2.71 bits per heavy atom. The van der Waals surface area contributed by atoms with Gasteiger partial charge in [-0.25, -0.2) is 13.9 Å². The van der Waals surface area contributed by atoms with Gasteiger partial charge in [0.1, 0.15) is 31.1 Å². The molecule has 134 valence electrons. The number of fused-ring (bicyclic) bond motifs is 1. The van der Waals surface area contributed by atoms with Gasteiger partial charge in [-0.05, 0) is 0 Å². The van der Waals surface area contributed by atoms with E-state index >= 15 is 0 Å². The Morgan fingerprint density at radius 2 is 2.08 bits per heavy atom. The molecule has 14 heteroatoms. The third kappa shape index (κ3) is 4.56. The lowest BCUT2D eigenvalue weighted by Gasteiger charge is -2.21. The molecule has 0 aromatic carbocycles. The van der Waals surface area contributed by atoms with Crippen LogP contribution in [-0.2, 0) is 20.6 Å². The summed E-state index contributed by atoms with van der Waals surface area (Å²) < 4.78 is 34.2. The minimum Gasteiger partial charge on any atom is -0.388 e. The fourth-order valence-electron chi connectivity index (χ4n) is 1.79. The second kappa shape index (κ2) is 7.34. The van der Waals surface area contributed by atoms with Crippen LogP contribution in [0.4, 0.5) is 16.2 Å². The van der Waals surface area contributed by atoms with Gasteiger partial charge in [0.15, 0.2) is 11.5 Å². The van der Waals surface area contributed by atoms with Gasteiger partial charge in [-0.15, -0.1) is 0 Å². The zero-order valence-electron chi connectivity index (χ0n) is 12.2. The number of phosphoric acid groups is 1. The van der Waals surface area contributed by atoms with Gasteiger partial charge in [0.25, 0.3) is 0 Å². The van der Waals surface area contributed by atoms with Crippen molar-refractivity contribution in [3.63, 3.8) is 0 Å². The zero-order chi connectivity index (χ0) is 17.9. The number of nitrogens with two attached hydrogens (primary N) is 2. The molecule has 0 aliphatic heterocycles. The fraction of sp³-hybridized carbons (Fsp3) is 0.500. The summed E-state index contributed by atoms with van der Waals surface area (Å²) in [5, 5.41) is 9.52. The predicted octanol–water partition coefficient (Wildman–Crippen LogP) is -1.23. The third-order valence-corrected chi connectivity index (χ3v) is 3.42. The van der Waals surface area contributed by atoms with Crippen molar-refractivity contribution in [2.24, 2.45) is 0 Å². The average molecular weight is 366 g/mol. The first-order chi connectivity index (χ1) is 11.2. The van der Waals surface area contributed by atoms with Crippen molar-refractivity contribution in [2.75, 3.05) is 24.7 Å². The second-order valence-corrected chi connectivity index (χ2v) is 5.94. The number of aliphatic hydroxyl groups is 1. The molecule has 2 aromatic heterocycles. The van der Waals surface area contributed by atoms with Crippen molar-refractivity contribution in [1.29, 1.82) is 0 Å². The van der Waals surface area contributed by atoms with Crippen LogP contribution in [0.1, 0.15) is 0 Å². The molecule has 0 fully saturated rings. The third-order valence-electron chi connectivity index (χ3n) is 2.93. The number of halogens is 1. The summed E-state index contributed by atoms with van der Waals surface area (Å²) in [5.41, 5.74) is 11.6. The van der Waals surface area contributed by atoms with Crippen LogP contribution in [0.25, 0.3) is 11.2 Å². The molecule has 2 atom stereocenters. The van der Waals surface area contributed by atoms with Crippen LogP contribution < -0.4 is 11.5 Å². The normalized spacial score (nSPS) is 14.8. The topological polar surface area (TPSA) is 192 Å².